The number of allylic oxidation sites excluding steroid dienone is 2. The average molecular weight is 439 g/mol. The summed E-state index contributed by atoms with van der Waals surface area (Å²) in [6.45, 7) is 3.61. The maximum atomic E-state index is 13.2. The van der Waals surface area contributed by atoms with Crippen molar-refractivity contribution in [3.05, 3.63) is 51.1 Å². The lowest BCUT2D eigenvalue weighted by molar-refractivity contribution is 0.0610. The number of piperidine rings is 2. The Kier molecular flexibility index (Phi) is 5.94. The largest absolute Gasteiger partial charge is 0.347 e. The van der Waals surface area contributed by atoms with Gasteiger partial charge in [0, 0.05) is 31.7 Å². The molecule has 1 amide bonds. The summed E-state index contributed by atoms with van der Waals surface area (Å²) in [6, 6.07) is 8.25. The van der Waals surface area contributed by atoms with Crippen molar-refractivity contribution in [3.63, 3.8) is 0 Å². The summed E-state index contributed by atoms with van der Waals surface area (Å²) in [6.07, 6.45) is 10.4. The fourth-order valence-corrected chi connectivity index (χ4v) is 6.10. The highest BCUT2D eigenvalue weighted by atomic mass is 32.1. The van der Waals surface area contributed by atoms with Crippen LogP contribution in [0.3, 0.4) is 0 Å². The smallest absolute Gasteiger partial charge is 0.324 e. The van der Waals surface area contributed by atoms with Gasteiger partial charge in [0.05, 0.1) is 0 Å². The number of carbonyl (C=O) groups excluding carboxylic acids is 1. The molecule has 164 valence electrons. The number of H-pyrrole nitrogens is 1. The molecule has 1 unspecified atom stereocenters. The number of anilines is 1. The maximum absolute atomic E-state index is 13.2. The number of likely N-dealkylation sites (tertiary alicyclic amines) is 1. The molecule has 0 bridgehead atoms. The Labute approximate surface area is 187 Å². The standard InChI is InChI=1S/C24H30N4O2S/c29-22(20-9-7-18(8-10-20)17-4-1-2-5-17)28-13-3-6-21(16-28)19-11-14-27(15-12-19)23-25-26-24(30)31-23/h4,7-10,19,21H,1-3,5-6,11-16H2,(H,26,30). The van der Waals surface area contributed by atoms with Crippen LogP contribution in [-0.4, -0.2) is 47.2 Å². The molecule has 0 spiro atoms. The molecular weight excluding hydrogens is 408 g/mol. The molecule has 5 rings (SSSR count). The summed E-state index contributed by atoms with van der Waals surface area (Å²) < 4.78 is 0. The van der Waals surface area contributed by atoms with Crippen LogP contribution in [0.2, 0.25) is 0 Å². The predicted octanol–water partition coefficient (Wildman–Crippen LogP) is 4.17. The molecule has 31 heavy (non-hydrogen) atoms. The van der Waals surface area contributed by atoms with Gasteiger partial charge >= 0.3 is 4.87 Å². The summed E-state index contributed by atoms with van der Waals surface area (Å²) in [7, 11) is 0. The third-order valence-electron chi connectivity index (χ3n) is 7.19. The van der Waals surface area contributed by atoms with Gasteiger partial charge in [-0.05, 0) is 91.4 Å². The van der Waals surface area contributed by atoms with Crippen molar-refractivity contribution >= 4 is 27.9 Å². The highest BCUT2D eigenvalue weighted by Gasteiger charge is 2.32. The van der Waals surface area contributed by atoms with Gasteiger partial charge in [-0.2, -0.15) is 0 Å². The third kappa shape index (κ3) is 4.47. The van der Waals surface area contributed by atoms with E-state index in [0.29, 0.717) is 11.8 Å². The molecule has 2 aromatic rings. The van der Waals surface area contributed by atoms with E-state index in [1.807, 2.05) is 12.1 Å². The van der Waals surface area contributed by atoms with Crippen LogP contribution in [0, 0.1) is 11.8 Å². The first kappa shape index (κ1) is 20.5. The zero-order valence-corrected chi connectivity index (χ0v) is 18.7. The van der Waals surface area contributed by atoms with Crippen LogP contribution >= 0.6 is 11.3 Å². The van der Waals surface area contributed by atoms with Crippen LogP contribution < -0.4 is 9.77 Å². The van der Waals surface area contributed by atoms with Crippen molar-refractivity contribution in [2.45, 2.75) is 44.9 Å². The number of aromatic amines is 1. The van der Waals surface area contributed by atoms with Gasteiger partial charge in [0.1, 0.15) is 0 Å². The van der Waals surface area contributed by atoms with Crippen molar-refractivity contribution in [2.24, 2.45) is 11.8 Å². The fourth-order valence-electron chi connectivity index (χ4n) is 5.44. The van der Waals surface area contributed by atoms with E-state index in [9.17, 15) is 9.59 Å². The topological polar surface area (TPSA) is 69.3 Å². The molecule has 0 saturated carbocycles. The molecule has 2 fully saturated rings. The predicted molar refractivity (Wildman–Crippen MR) is 125 cm³/mol. The molecule has 1 aromatic heterocycles. The zero-order chi connectivity index (χ0) is 21.2. The van der Waals surface area contributed by atoms with Gasteiger partial charge < -0.3 is 9.80 Å². The van der Waals surface area contributed by atoms with E-state index < -0.39 is 0 Å². The lowest BCUT2D eigenvalue weighted by atomic mass is 9.79. The summed E-state index contributed by atoms with van der Waals surface area (Å²) in [4.78, 5) is 28.7. The molecule has 0 radical (unpaired) electrons. The van der Waals surface area contributed by atoms with E-state index >= 15 is 0 Å². The highest BCUT2D eigenvalue weighted by molar-refractivity contribution is 7.12. The summed E-state index contributed by atoms with van der Waals surface area (Å²) in [5.74, 6) is 1.38. The minimum atomic E-state index is -0.0911. The Balaban J connectivity index is 1.18. The Hall–Kier alpha value is -2.41. The van der Waals surface area contributed by atoms with Crippen LogP contribution in [-0.2, 0) is 0 Å². The molecular formula is C24H30N4O2S. The molecule has 2 aliphatic heterocycles. The SMILES string of the molecule is O=C(c1ccc(C2=CCCC2)cc1)N1CCCC(C2CCN(c3n[nH]c(=O)s3)CC2)C1. The van der Waals surface area contributed by atoms with Gasteiger partial charge in [0.15, 0.2) is 0 Å². The zero-order valence-electron chi connectivity index (χ0n) is 17.9. The number of hydrogen-bond acceptors (Lipinski definition) is 5. The van der Waals surface area contributed by atoms with E-state index in [0.717, 1.165) is 62.6 Å². The van der Waals surface area contributed by atoms with Crippen molar-refractivity contribution in [2.75, 3.05) is 31.1 Å². The molecule has 7 heteroatoms. The second-order valence-electron chi connectivity index (χ2n) is 9.07. The molecule has 2 saturated heterocycles. The maximum Gasteiger partial charge on any atom is 0.324 e. The lowest BCUT2D eigenvalue weighted by Gasteiger charge is -2.40. The third-order valence-corrected chi connectivity index (χ3v) is 8.00. The summed E-state index contributed by atoms with van der Waals surface area (Å²) in [5.41, 5.74) is 3.50. The number of benzene rings is 1. The number of hydrogen-bond donors (Lipinski definition) is 1. The van der Waals surface area contributed by atoms with Crippen LogP contribution in [0.5, 0.6) is 0 Å². The lowest BCUT2D eigenvalue weighted by Crippen LogP contribution is -2.44. The van der Waals surface area contributed by atoms with Crippen LogP contribution in [0.4, 0.5) is 5.13 Å². The first-order chi connectivity index (χ1) is 15.2. The van der Waals surface area contributed by atoms with Crippen molar-refractivity contribution < 1.29 is 4.79 Å². The molecule has 1 N–H and O–H groups in total. The van der Waals surface area contributed by atoms with E-state index in [2.05, 4.69) is 38.2 Å². The quantitative estimate of drug-likeness (QED) is 0.778. The van der Waals surface area contributed by atoms with Gasteiger partial charge in [0.2, 0.25) is 5.13 Å². The molecule has 6 nitrogen and oxygen atoms in total. The van der Waals surface area contributed by atoms with Gasteiger partial charge in [-0.3, -0.25) is 9.59 Å². The summed E-state index contributed by atoms with van der Waals surface area (Å²) in [5, 5.41) is 7.45. The Morgan fingerprint density at radius 2 is 1.84 bits per heavy atom. The number of aromatic nitrogens is 2. The van der Waals surface area contributed by atoms with Crippen LogP contribution in [0.25, 0.3) is 5.57 Å². The van der Waals surface area contributed by atoms with Crippen LogP contribution in [0.15, 0.2) is 35.1 Å². The Bertz CT molecular complexity index is 1000. The Morgan fingerprint density at radius 3 is 2.52 bits per heavy atom. The first-order valence-electron chi connectivity index (χ1n) is 11.6. The number of amides is 1. The second kappa shape index (κ2) is 8.99. The normalized spacial score (nSPS) is 22.6. The fraction of sp³-hybridized carbons (Fsp3) is 0.542. The van der Waals surface area contributed by atoms with E-state index in [1.165, 1.54) is 41.7 Å². The average Bonchev–Trinajstić information content (AvgIpc) is 3.51. The number of carbonyl (C=O) groups is 1. The van der Waals surface area contributed by atoms with Gasteiger partial charge in [-0.15, -0.1) is 5.10 Å². The minimum absolute atomic E-state index is 0.0911. The highest BCUT2D eigenvalue weighted by Crippen LogP contribution is 2.34. The van der Waals surface area contributed by atoms with Crippen molar-refractivity contribution in [3.8, 4) is 0 Å². The van der Waals surface area contributed by atoms with E-state index in [-0.39, 0.29) is 10.8 Å². The van der Waals surface area contributed by atoms with Gasteiger partial charge in [-0.25, -0.2) is 5.10 Å². The molecule has 1 aliphatic carbocycles. The number of nitrogens with one attached hydrogen (secondary N) is 1. The molecule has 3 heterocycles. The van der Waals surface area contributed by atoms with Crippen molar-refractivity contribution in [1.82, 2.24) is 15.1 Å². The monoisotopic (exact) mass is 438 g/mol. The second-order valence-corrected chi connectivity index (χ2v) is 10.0. The van der Waals surface area contributed by atoms with E-state index in [1.54, 1.807) is 0 Å². The molecule has 3 aliphatic rings. The molecule has 1 aromatic carbocycles. The van der Waals surface area contributed by atoms with Gasteiger partial charge in [0.25, 0.3) is 5.91 Å². The Morgan fingerprint density at radius 1 is 1.03 bits per heavy atom. The van der Waals surface area contributed by atoms with Gasteiger partial charge in [-0.1, -0.05) is 18.2 Å². The number of rotatable bonds is 4. The minimum Gasteiger partial charge on any atom is -0.347 e. The molecule has 1 atom stereocenters. The van der Waals surface area contributed by atoms with Crippen molar-refractivity contribution in [1.29, 1.82) is 0 Å². The van der Waals surface area contributed by atoms with Crippen LogP contribution in [0.1, 0.15) is 60.9 Å². The number of nitrogens with zero attached hydrogens (tertiary/aromatic N) is 3. The first-order valence-corrected chi connectivity index (χ1v) is 12.4. The van der Waals surface area contributed by atoms with E-state index in [4.69, 9.17) is 0 Å². The summed E-state index contributed by atoms with van der Waals surface area (Å²) >= 11 is 1.19.